The van der Waals surface area contributed by atoms with E-state index in [-0.39, 0.29) is 18.9 Å². The van der Waals surface area contributed by atoms with Crippen LogP contribution in [-0.4, -0.2) is 36.8 Å². The number of nitrogens with one attached hydrogen (secondary N) is 1. The molecule has 2 rings (SSSR count). The molecular weight excluding hydrogens is 298 g/mol. The van der Waals surface area contributed by atoms with Crippen LogP contribution in [0.1, 0.15) is 12.3 Å². The van der Waals surface area contributed by atoms with Gasteiger partial charge in [0.15, 0.2) is 11.5 Å². The fourth-order valence-corrected chi connectivity index (χ4v) is 1.91. The maximum absolute atomic E-state index is 11.5. The Kier molecular flexibility index (Phi) is 5.58. The van der Waals surface area contributed by atoms with Gasteiger partial charge in [0.2, 0.25) is 17.6 Å². The smallest absolute Gasteiger partial charge is 0.227 e. The standard InChI is InChI=1S/C16H17N3O4/c1-4-9-17-14(20)7-8-15-18-16(19-23-15)11-5-6-12(21-2)13(10-11)22-3/h1,5-6,10H,7-9H2,2-3H3,(H,17,20). The van der Waals surface area contributed by atoms with Crippen LogP contribution in [0.4, 0.5) is 0 Å². The van der Waals surface area contributed by atoms with E-state index in [9.17, 15) is 4.79 Å². The molecule has 0 bridgehead atoms. The summed E-state index contributed by atoms with van der Waals surface area (Å²) in [6.07, 6.45) is 5.65. The fraction of sp³-hybridized carbons (Fsp3) is 0.312. The molecule has 0 unspecified atom stereocenters. The Balaban J connectivity index is 2.04. The van der Waals surface area contributed by atoms with Gasteiger partial charge in [-0.3, -0.25) is 4.79 Å². The largest absolute Gasteiger partial charge is 0.493 e. The number of terminal acetylenes is 1. The van der Waals surface area contributed by atoms with Gasteiger partial charge in [-0.15, -0.1) is 6.42 Å². The number of ether oxygens (including phenoxy) is 2. The average molecular weight is 315 g/mol. The van der Waals surface area contributed by atoms with E-state index >= 15 is 0 Å². The SMILES string of the molecule is C#CCNC(=O)CCc1nc(-c2ccc(OC)c(OC)c2)no1. The van der Waals surface area contributed by atoms with Gasteiger partial charge in [0.1, 0.15) is 0 Å². The summed E-state index contributed by atoms with van der Waals surface area (Å²) >= 11 is 0. The Hall–Kier alpha value is -3.01. The van der Waals surface area contributed by atoms with E-state index < -0.39 is 0 Å². The van der Waals surface area contributed by atoms with Crippen LogP contribution in [0.15, 0.2) is 22.7 Å². The molecule has 0 aliphatic rings. The minimum atomic E-state index is -0.159. The lowest BCUT2D eigenvalue weighted by Gasteiger charge is -2.07. The van der Waals surface area contributed by atoms with Crippen LogP contribution in [-0.2, 0) is 11.2 Å². The Morgan fingerprint density at radius 3 is 2.83 bits per heavy atom. The number of nitrogens with zero attached hydrogens (tertiary/aromatic N) is 2. The molecule has 1 aromatic carbocycles. The molecule has 120 valence electrons. The highest BCUT2D eigenvalue weighted by molar-refractivity contribution is 5.76. The molecule has 2 aromatic rings. The van der Waals surface area contributed by atoms with Crippen LogP contribution in [0, 0.1) is 12.3 Å². The van der Waals surface area contributed by atoms with Crippen molar-refractivity contribution in [2.45, 2.75) is 12.8 Å². The van der Waals surface area contributed by atoms with E-state index in [1.807, 2.05) is 0 Å². The van der Waals surface area contributed by atoms with Gasteiger partial charge in [-0.1, -0.05) is 11.1 Å². The molecule has 0 atom stereocenters. The van der Waals surface area contributed by atoms with E-state index in [1.165, 1.54) is 0 Å². The quantitative estimate of drug-likeness (QED) is 0.778. The van der Waals surface area contributed by atoms with Gasteiger partial charge in [0, 0.05) is 18.4 Å². The first-order chi connectivity index (χ1) is 11.2. The molecule has 1 aromatic heterocycles. The molecule has 23 heavy (non-hydrogen) atoms. The predicted octanol–water partition coefficient (Wildman–Crippen LogP) is 1.44. The maximum atomic E-state index is 11.5. The van der Waals surface area contributed by atoms with Gasteiger partial charge < -0.3 is 19.3 Å². The summed E-state index contributed by atoms with van der Waals surface area (Å²) in [5, 5.41) is 6.48. The second-order valence-electron chi connectivity index (χ2n) is 4.56. The highest BCUT2D eigenvalue weighted by atomic mass is 16.5. The first-order valence-electron chi connectivity index (χ1n) is 6.93. The summed E-state index contributed by atoms with van der Waals surface area (Å²) in [6.45, 7) is 0.208. The molecule has 0 spiro atoms. The average Bonchev–Trinajstić information content (AvgIpc) is 3.06. The van der Waals surface area contributed by atoms with Crippen molar-refractivity contribution in [2.24, 2.45) is 0 Å². The highest BCUT2D eigenvalue weighted by Gasteiger charge is 2.13. The second kappa shape index (κ2) is 7.84. The zero-order valence-corrected chi connectivity index (χ0v) is 13.0. The Morgan fingerprint density at radius 2 is 2.13 bits per heavy atom. The summed E-state index contributed by atoms with van der Waals surface area (Å²) in [6, 6.07) is 5.32. The van der Waals surface area contributed by atoms with Gasteiger partial charge >= 0.3 is 0 Å². The van der Waals surface area contributed by atoms with E-state index in [0.717, 1.165) is 5.56 Å². The lowest BCUT2D eigenvalue weighted by molar-refractivity contribution is -0.120. The topological polar surface area (TPSA) is 86.5 Å². The van der Waals surface area contributed by atoms with Crippen molar-refractivity contribution in [3.63, 3.8) is 0 Å². The van der Waals surface area contributed by atoms with E-state index in [0.29, 0.717) is 29.6 Å². The molecule has 0 aliphatic heterocycles. The third kappa shape index (κ3) is 4.23. The third-order valence-corrected chi connectivity index (χ3v) is 3.06. The third-order valence-electron chi connectivity index (χ3n) is 3.06. The van der Waals surface area contributed by atoms with Crippen molar-refractivity contribution in [1.29, 1.82) is 0 Å². The normalized spacial score (nSPS) is 9.96. The zero-order valence-electron chi connectivity index (χ0n) is 13.0. The second-order valence-corrected chi connectivity index (χ2v) is 4.56. The van der Waals surface area contributed by atoms with Crippen molar-refractivity contribution in [3.05, 3.63) is 24.1 Å². The van der Waals surface area contributed by atoms with E-state index in [1.54, 1.807) is 32.4 Å². The zero-order chi connectivity index (χ0) is 16.7. The molecule has 0 fully saturated rings. The summed E-state index contributed by atoms with van der Waals surface area (Å²) in [7, 11) is 3.12. The number of carbonyl (C=O) groups is 1. The van der Waals surface area contributed by atoms with Crippen molar-refractivity contribution in [2.75, 3.05) is 20.8 Å². The lowest BCUT2D eigenvalue weighted by Crippen LogP contribution is -2.23. The molecule has 1 amide bonds. The number of rotatable bonds is 7. The van der Waals surface area contributed by atoms with Crippen molar-refractivity contribution < 1.29 is 18.8 Å². The van der Waals surface area contributed by atoms with Gasteiger partial charge in [-0.25, -0.2) is 0 Å². The number of aryl methyl sites for hydroxylation is 1. The summed E-state index contributed by atoms with van der Waals surface area (Å²) in [5.41, 5.74) is 0.731. The Bertz CT molecular complexity index is 718. The molecule has 1 heterocycles. The van der Waals surface area contributed by atoms with Crippen LogP contribution in [0.3, 0.4) is 0 Å². The lowest BCUT2D eigenvalue weighted by atomic mass is 10.2. The Morgan fingerprint density at radius 1 is 1.35 bits per heavy atom. The number of hydrogen-bond acceptors (Lipinski definition) is 6. The Labute approximate surface area is 134 Å². The first kappa shape index (κ1) is 16.4. The minimum absolute atomic E-state index is 0.159. The molecule has 7 nitrogen and oxygen atoms in total. The number of hydrogen-bond donors (Lipinski definition) is 1. The van der Waals surface area contributed by atoms with Crippen molar-refractivity contribution >= 4 is 5.91 Å². The van der Waals surface area contributed by atoms with Crippen LogP contribution < -0.4 is 14.8 Å². The van der Waals surface area contributed by atoms with E-state index in [2.05, 4.69) is 21.4 Å². The van der Waals surface area contributed by atoms with Gasteiger partial charge in [-0.05, 0) is 18.2 Å². The van der Waals surface area contributed by atoms with Crippen molar-refractivity contribution in [1.82, 2.24) is 15.5 Å². The number of methoxy groups -OCH3 is 2. The summed E-state index contributed by atoms with van der Waals surface area (Å²) in [5.74, 6) is 4.17. The predicted molar refractivity (Wildman–Crippen MR) is 83.0 cm³/mol. The van der Waals surface area contributed by atoms with Gasteiger partial charge in [0.25, 0.3) is 0 Å². The van der Waals surface area contributed by atoms with E-state index in [4.69, 9.17) is 20.4 Å². The monoisotopic (exact) mass is 315 g/mol. The fourth-order valence-electron chi connectivity index (χ4n) is 1.91. The van der Waals surface area contributed by atoms with Crippen molar-refractivity contribution in [3.8, 4) is 35.2 Å². The molecule has 0 aliphatic carbocycles. The van der Waals surface area contributed by atoms with Crippen LogP contribution in [0.5, 0.6) is 11.5 Å². The molecule has 1 N–H and O–H groups in total. The number of aromatic nitrogens is 2. The van der Waals surface area contributed by atoms with Crippen LogP contribution in [0.2, 0.25) is 0 Å². The highest BCUT2D eigenvalue weighted by Crippen LogP contribution is 2.31. The molecule has 0 saturated carbocycles. The summed E-state index contributed by atoms with van der Waals surface area (Å²) in [4.78, 5) is 15.7. The number of benzene rings is 1. The van der Waals surface area contributed by atoms with Gasteiger partial charge in [0.05, 0.1) is 20.8 Å². The molecule has 0 saturated heterocycles. The summed E-state index contributed by atoms with van der Waals surface area (Å²) < 4.78 is 15.6. The minimum Gasteiger partial charge on any atom is -0.493 e. The van der Waals surface area contributed by atoms with Gasteiger partial charge in [-0.2, -0.15) is 4.98 Å². The molecule has 0 radical (unpaired) electrons. The first-order valence-corrected chi connectivity index (χ1v) is 6.93. The molecular formula is C16H17N3O4. The number of carbonyl (C=O) groups excluding carboxylic acids is 1. The number of amides is 1. The van der Waals surface area contributed by atoms with Crippen LogP contribution >= 0.6 is 0 Å². The maximum Gasteiger partial charge on any atom is 0.227 e. The van der Waals surface area contributed by atoms with Crippen LogP contribution in [0.25, 0.3) is 11.4 Å². The molecule has 7 heteroatoms.